The highest BCUT2D eigenvalue weighted by atomic mass is 32.2. The highest BCUT2D eigenvalue weighted by molar-refractivity contribution is 7.99. The van der Waals surface area contributed by atoms with Crippen molar-refractivity contribution in [3.63, 3.8) is 0 Å². The summed E-state index contributed by atoms with van der Waals surface area (Å²) >= 11 is 1.78. The van der Waals surface area contributed by atoms with Crippen LogP contribution in [0.2, 0.25) is 0 Å². The minimum Gasteiger partial charge on any atom is -0.0901 e. The molecule has 19 heavy (non-hydrogen) atoms. The van der Waals surface area contributed by atoms with Crippen molar-refractivity contribution in [3.05, 3.63) is 84.9 Å². The average molecular weight is 261 g/mol. The molecule has 3 aromatic carbocycles. The van der Waals surface area contributed by atoms with Crippen molar-refractivity contribution in [2.24, 2.45) is 0 Å². The molecule has 1 radical (unpaired) electrons. The third-order valence-electron chi connectivity index (χ3n) is 2.85. The summed E-state index contributed by atoms with van der Waals surface area (Å²) in [5.74, 6) is 0. The van der Waals surface area contributed by atoms with E-state index in [1.54, 1.807) is 11.8 Å². The molecule has 0 atom stereocenters. The van der Waals surface area contributed by atoms with Gasteiger partial charge in [0.15, 0.2) is 0 Å². The fraction of sp³-hybridized carbons (Fsp3) is 0. The highest BCUT2D eigenvalue weighted by Crippen LogP contribution is 2.29. The summed E-state index contributed by atoms with van der Waals surface area (Å²) in [5.41, 5.74) is 2.34. The Kier molecular flexibility index (Phi) is 3.66. The first-order chi connectivity index (χ1) is 9.42. The van der Waals surface area contributed by atoms with Crippen LogP contribution in [0.5, 0.6) is 0 Å². The molecule has 0 unspecified atom stereocenters. The van der Waals surface area contributed by atoms with E-state index in [0.717, 1.165) is 5.56 Å². The van der Waals surface area contributed by atoms with E-state index in [9.17, 15) is 0 Å². The zero-order chi connectivity index (χ0) is 12.9. The maximum atomic E-state index is 3.25. The van der Waals surface area contributed by atoms with Gasteiger partial charge in [0.2, 0.25) is 0 Å². The lowest BCUT2D eigenvalue weighted by atomic mass is 10.1. The normalized spacial score (nSPS) is 10.3. The van der Waals surface area contributed by atoms with Crippen LogP contribution in [0.25, 0.3) is 11.1 Å². The van der Waals surface area contributed by atoms with Crippen molar-refractivity contribution in [2.45, 2.75) is 9.79 Å². The van der Waals surface area contributed by atoms with Gasteiger partial charge >= 0.3 is 0 Å². The Labute approximate surface area is 118 Å². The highest BCUT2D eigenvalue weighted by Gasteiger charge is 1.99. The van der Waals surface area contributed by atoms with Gasteiger partial charge in [0.05, 0.1) is 0 Å². The van der Waals surface area contributed by atoms with E-state index < -0.39 is 0 Å². The van der Waals surface area contributed by atoms with Crippen LogP contribution in [0.4, 0.5) is 0 Å². The Hall–Kier alpha value is -1.99. The first kappa shape index (κ1) is 12.1. The fourth-order valence-corrected chi connectivity index (χ4v) is 2.74. The Morgan fingerprint density at radius 2 is 1.32 bits per heavy atom. The molecule has 91 valence electrons. The molecular weight excluding hydrogens is 248 g/mol. The van der Waals surface area contributed by atoms with E-state index in [4.69, 9.17) is 0 Å². The van der Waals surface area contributed by atoms with Crippen LogP contribution in [-0.2, 0) is 0 Å². The quantitative estimate of drug-likeness (QED) is 0.616. The third kappa shape index (κ3) is 3.07. The molecule has 0 fully saturated rings. The zero-order valence-corrected chi connectivity index (χ0v) is 11.2. The Balaban J connectivity index is 1.80. The Bertz CT molecular complexity index is 628. The summed E-state index contributed by atoms with van der Waals surface area (Å²) in [6, 6.07) is 30.4. The molecular formula is C18H13S. The van der Waals surface area contributed by atoms with E-state index >= 15 is 0 Å². The van der Waals surface area contributed by atoms with Gasteiger partial charge < -0.3 is 0 Å². The van der Waals surface area contributed by atoms with Crippen LogP contribution in [0.3, 0.4) is 0 Å². The first-order valence-corrected chi connectivity index (χ1v) is 7.03. The van der Waals surface area contributed by atoms with Gasteiger partial charge in [-0.1, -0.05) is 66.4 Å². The molecule has 3 rings (SSSR count). The van der Waals surface area contributed by atoms with Crippen LogP contribution in [-0.4, -0.2) is 0 Å². The lowest BCUT2D eigenvalue weighted by Crippen LogP contribution is -1.78. The maximum absolute atomic E-state index is 3.25. The van der Waals surface area contributed by atoms with Crippen molar-refractivity contribution in [1.29, 1.82) is 0 Å². The van der Waals surface area contributed by atoms with Crippen LogP contribution < -0.4 is 0 Å². The summed E-state index contributed by atoms with van der Waals surface area (Å²) in [7, 11) is 0. The number of benzene rings is 3. The second kappa shape index (κ2) is 5.77. The topological polar surface area (TPSA) is 0 Å². The van der Waals surface area contributed by atoms with Crippen molar-refractivity contribution >= 4 is 11.8 Å². The van der Waals surface area contributed by atoms with Crippen molar-refractivity contribution < 1.29 is 0 Å². The summed E-state index contributed by atoms with van der Waals surface area (Å²) in [6.45, 7) is 0. The summed E-state index contributed by atoms with van der Waals surface area (Å²) in [5, 5.41) is 0. The van der Waals surface area contributed by atoms with Gasteiger partial charge in [0.25, 0.3) is 0 Å². The Morgan fingerprint density at radius 3 is 2.00 bits per heavy atom. The standard InChI is InChI=1S/C18H13S/c1-3-7-15(8-4-1)16-11-13-18(14-12-16)19-17-9-5-2-6-10-17/h1-7,9-14H. The summed E-state index contributed by atoms with van der Waals surface area (Å²) < 4.78 is 0. The summed E-state index contributed by atoms with van der Waals surface area (Å²) in [4.78, 5) is 2.52. The predicted molar refractivity (Wildman–Crippen MR) is 81.3 cm³/mol. The van der Waals surface area contributed by atoms with Crippen molar-refractivity contribution in [2.75, 3.05) is 0 Å². The van der Waals surface area contributed by atoms with E-state index in [0.29, 0.717) is 0 Å². The molecule has 0 aliphatic heterocycles. The minimum absolute atomic E-state index is 1.14. The fourth-order valence-electron chi connectivity index (χ4n) is 1.90. The molecule has 0 saturated heterocycles. The number of hydrogen-bond acceptors (Lipinski definition) is 1. The van der Waals surface area contributed by atoms with Crippen molar-refractivity contribution in [1.82, 2.24) is 0 Å². The van der Waals surface area contributed by atoms with Crippen molar-refractivity contribution in [3.8, 4) is 11.1 Å². The molecule has 0 spiro atoms. The van der Waals surface area contributed by atoms with E-state index in [-0.39, 0.29) is 0 Å². The molecule has 0 bridgehead atoms. The van der Waals surface area contributed by atoms with Crippen LogP contribution in [0, 0.1) is 6.07 Å². The number of hydrogen-bond donors (Lipinski definition) is 0. The van der Waals surface area contributed by atoms with Crippen LogP contribution >= 0.6 is 11.8 Å². The SMILES string of the molecule is [c]1ccccc1-c1ccc(Sc2ccccc2)cc1. The third-order valence-corrected chi connectivity index (χ3v) is 3.87. The zero-order valence-electron chi connectivity index (χ0n) is 10.4. The van der Waals surface area contributed by atoms with E-state index in [2.05, 4.69) is 60.7 Å². The molecule has 0 saturated carbocycles. The molecule has 0 aromatic heterocycles. The Morgan fingerprint density at radius 1 is 0.632 bits per heavy atom. The molecule has 1 heteroatoms. The molecule has 0 nitrogen and oxygen atoms in total. The second-order valence-electron chi connectivity index (χ2n) is 4.22. The molecule has 0 amide bonds. The van der Waals surface area contributed by atoms with E-state index in [1.165, 1.54) is 15.4 Å². The molecule has 0 N–H and O–H groups in total. The van der Waals surface area contributed by atoms with Gasteiger partial charge in [0.1, 0.15) is 0 Å². The lowest BCUT2D eigenvalue weighted by molar-refractivity contribution is 1.40. The van der Waals surface area contributed by atoms with E-state index in [1.807, 2.05) is 24.3 Å². The smallest absolute Gasteiger partial charge is 0.0122 e. The first-order valence-electron chi connectivity index (χ1n) is 6.22. The maximum Gasteiger partial charge on any atom is 0.0122 e. The van der Waals surface area contributed by atoms with Gasteiger partial charge in [-0.2, -0.15) is 0 Å². The number of rotatable bonds is 3. The molecule has 0 aliphatic rings. The predicted octanol–water partition coefficient (Wildman–Crippen LogP) is 5.30. The van der Waals surface area contributed by atoms with Gasteiger partial charge in [-0.15, -0.1) is 0 Å². The summed E-state index contributed by atoms with van der Waals surface area (Å²) in [6.07, 6.45) is 0. The molecule has 0 heterocycles. The largest absolute Gasteiger partial charge is 0.0901 e. The minimum atomic E-state index is 1.14. The molecule has 0 aliphatic carbocycles. The van der Waals surface area contributed by atoms with Crippen LogP contribution in [0.15, 0.2) is 88.7 Å². The molecule has 3 aromatic rings. The van der Waals surface area contributed by atoms with Gasteiger partial charge in [-0.25, -0.2) is 0 Å². The average Bonchev–Trinajstić information content (AvgIpc) is 2.50. The van der Waals surface area contributed by atoms with Gasteiger partial charge in [0, 0.05) is 9.79 Å². The van der Waals surface area contributed by atoms with Gasteiger partial charge in [-0.3, -0.25) is 0 Å². The second-order valence-corrected chi connectivity index (χ2v) is 5.36. The van der Waals surface area contributed by atoms with Crippen LogP contribution in [0.1, 0.15) is 0 Å². The lowest BCUT2D eigenvalue weighted by Gasteiger charge is -2.04. The van der Waals surface area contributed by atoms with Gasteiger partial charge in [-0.05, 0) is 41.5 Å². The monoisotopic (exact) mass is 261 g/mol.